The van der Waals surface area contributed by atoms with E-state index >= 15 is 0 Å². The highest BCUT2D eigenvalue weighted by Crippen LogP contribution is 2.40. The molecule has 0 saturated heterocycles. The molecule has 3 aromatic rings. The molecule has 1 aromatic heterocycles. The number of fused-ring (bicyclic) bond motifs is 1. The summed E-state index contributed by atoms with van der Waals surface area (Å²) < 4.78 is 8.11. The molecule has 0 radical (unpaired) electrons. The quantitative estimate of drug-likeness (QED) is 0.539. The lowest BCUT2D eigenvalue weighted by atomic mass is 9.98. The normalized spacial score (nSPS) is 14.8. The van der Waals surface area contributed by atoms with Crippen molar-refractivity contribution in [3.8, 4) is 17.1 Å². The van der Waals surface area contributed by atoms with Crippen LogP contribution in [0.5, 0.6) is 5.75 Å². The number of imidazole rings is 1. The summed E-state index contributed by atoms with van der Waals surface area (Å²) in [4.78, 5) is 8.08. The van der Waals surface area contributed by atoms with E-state index in [9.17, 15) is 0 Å². The van der Waals surface area contributed by atoms with Gasteiger partial charge in [-0.2, -0.15) is 0 Å². The SMILES string of the molecule is [C-]#[N+]c1ccc2c(c1)C(n1ccnc1-c1ccc(Cl)cc1)=CC(C)(C)O2. The van der Waals surface area contributed by atoms with Gasteiger partial charge in [-0.3, -0.25) is 4.57 Å². The molecule has 0 saturated carbocycles. The zero-order valence-corrected chi connectivity index (χ0v) is 15.2. The lowest BCUT2D eigenvalue weighted by molar-refractivity contribution is 0.157. The second kappa shape index (κ2) is 6.05. The number of halogens is 1. The second-order valence-corrected chi connectivity index (χ2v) is 7.09. The van der Waals surface area contributed by atoms with E-state index in [1.165, 1.54) is 0 Å². The van der Waals surface area contributed by atoms with Crippen LogP contribution in [0.2, 0.25) is 5.02 Å². The van der Waals surface area contributed by atoms with Gasteiger partial charge in [-0.1, -0.05) is 17.7 Å². The summed E-state index contributed by atoms with van der Waals surface area (Å²) in [6, 6.07) is 13.1. The molecular weight excluding hydrogens is 346 g/mol. The topological polar surface area (TPSA) is 31.4 Å². The fourth-order valence-electron chi connectivity index (χ4n) is 3.11. The van der Waals surface area contributed by atoms with Gasteiger partial charge in [0.05, 0.1) is 12.3 Å². The maximum atomic E-state index is 7.31. The van der Waals surface area contributed by atoms with Crippen molar-refractivity contribution in [3.63, 3.8) is 0 Å². The van der Waals surface area contributed by atoms with Gasteiger partial charge in [-0.25, -0.2) is 9.83 Å². The van der Waals surface area contributed by atoms with Crippen molar-refractivity contribution >= 4 is 23.0 Å². The zero-order valence-electron chi connectivity index (χ0n) is 14.4. The zero-order chi connectivity index (χ0) is 18.3. The van der Waals surface area contributed by atoms with Crippen LogP contribution in [0.15, 0.2) is 60.9 Å². The Hall–Kier alpha value is -3.03. The van der Waals surface area contributed by atoms with Gasteiger partial charge in [0.15, 0.2) is 5.69 Å². The first-order chi connectivity index (χ1) is 12.5. The summed E-state index contributed by atoms with van der Waals surface area (Å²) in [5.74, 6) is 1.57. The van der Waals surface area contributed by atoms with E-state index in [4.69, 9.17) is 22.9 Å². The van der Waals surface area contributed by atoms with E-state index in [-0.39, 0.29) is 0 Å². The highest BCUT2D eigenvalue weighted by Gasteiger charge is 2.28. The average molecular weight is 362 g/mol. The van der Waals surface area contributed by atoms with E-state index < -0.39 is 5.60 Å². The highest BCUT2D eigenvalue weighted by molar-refractivity contribution is 6.30. The minimum Gasteiger partial charge on any atom is -0.483 e. The molecule has 1 aliphatic heterocycles. The lowest BCUT2D eigenvalue weighted by Crippen LogP contribution is -2.30. The molecule has 0 bridgehead atoms. The van der Waals surface area contributed by atoms with Gasteiger partial charge in [0.25, 0.3) is 0 Å². The number of aromatic nitrogens is 2. The largest absolute Gasteiger partial charge is 0.483 e. The molecule has 5 heteroatoms. The molecule has 0 fully saturated rings. The molecule has 4 nitrogen and oxygen atoms in total. The number of hydrogen-bond acceptors (Lipinski definition) is 2. The smallest absolute Gasteiger partial charge is 0.188 e. The average Bonchev–Trinajstić information content (AvgIpc) is 3.10. The van der Waals surface area contributed by atoms with Crippen molar-refractivity contribution < 1.29 is 4.74 Å². The van der Waals surface area contributed by atoms with Crippen molar-refractivity contribution in [3.05, 3.63) is 82.9 Å². The summed E-state index contributed by atoms with van der Waals surface area (Å²) in [6.07, 6.45) is 5.75. The van der Waals surface area contributed by atoms with Crippen molar-refractivity contribution in [2.24, 2.45) is 0 Å². The van der Waals surface area contributed by atoms with Crippen LogP contribution in [0.25, 0.3) is 21.9 Å². The van der Waals surface area contributed by atoms with E-state index in [1.54, 1.807) is 12.3 Å². The van der Waals surface area contributed by atoms with Gasteiger partial charge in [0.2, 0.25) is 0 Å². The Morgan fingerprint density at radius 3 is 2.65 bits per heavy atom. The second-order valence-electron chi connectivity index (χ2n) is 6.66. The fraction of sp³-hybridized carbons (Fsp3) is 0.143. The molecule has 2 heterocycles. The Balaban J connectivity index is 1.91. The Labute approximate surface area is 157 Å². The molecule has 0 unspecified atom stereocenters. The van der Waals surface area contributed by atoms with Crippen LogP contribution < -0.4 is 4.74 Å². The molecule has 0 amide bonds. The van der Waals surface area contributed by atoms with Gasteiger partial charge in [0.1, 0.15) is 17.2 Å². The highest BCUT2D eigenvalue weighted by atomic mass is 35.5. The molecule has 0 aliphatic carbocycles. The van der Waals surface area contributed by atoms with Gasteiger partial charge >= 0.3 is 0 Å². The molecule has 0 N–H and O–H groups in total. The van der Waals surface area contributed by atoms with Gasteiger partial charge in [-0.05, 0) is 56.3 Å². The molecule has 2 aromatic carbocycles. The Kier molecular flexibility index (Phi) is 3.82. The molecule has 128 valence electrons. The summed E-state index contributed by atoms with van der Waals surface area (Å²) in [7, 11) is 0. The first-order valence-electron chi connectivity index (χ1n) is 8.20. The third kappa shape index (κ3) is 2.87. The predicted octanol–water partition coefficient (Wildman–Crippen LogP) is 5.81. The van der Waals surface area contributed by atoms with E-state index in [0.29, 0.717) is 10.7 Å². The lowest BCUT2D eigenvalue weighted by Gasteiger charge is -2.32. The molecule has 26 heavy (non-hydrogen) atoms. The van der Waals surface area contributed by atoms with Crippen molar-refractivity contribution in [2.45, 2.75) is 19.4 Å². The summed E-state index contributed by atoms with van der Waals surface area (Å²) in [5, 5.41) is 0.685. The number of nitrogens with zero attached hydrogens (tertiary/aromatic N) is 3. The van der Waals surface area contributed by atoms with Crippen LogP contribution in [0.1, 0.15) is 19.4 Å². The number of rotatable bonds is 2. The minimum atomic E-state index is -0.469. The Bertz CT molecular complexity index is 1060. The first-order valence-corrected chi connectivity index (χ1v) is 8.58. The molecule has 4 rings (SSSR count). The molecule has 1 aliphatic rings. The van der Waals surface area contributed by atoms with Crippen molar-refractivity contribution in [2.75, 3.05) is 0 Å². The van der Waals surface area contributed by atoms with Crippen LogP contribution in [-0.4, -0.2) is 15.2 Å². The number of ether oxygens (including phenoxy) is 1. The van der Waals surface area contributed by atoms with Gasteiger partial charge in [-0.15, -0.1) is 0 Å². The van der Waals surface area contributed by atoms with Crippen LogP contribution in [0.3, 0.4) is 0 Å². The summed E-state index contributed by atoms with van der Waals surface area (Å²) in [5.41, 5.74) is 2.90. The first kappa shape index (κ1) is 16.4. The summed E-state index contributed by atoms with van der Waals surface area (Å²) in [6.45, 7) is 11.3. The van der Waals surface area contributed by atoms with E-state index in [0.717, 1.165) is 28.4 Å². The summed E-state index contributed by atoms with van der Waals surface area (Å²) >= 11 is 6.02. The van der Waals surface area contributed by atoms with Crippen LogP contribution in [0.4, 0.5) is 5.69 Å². The monoisotopic (exact) mass is 361 g/mol. The van der Waals surface area contributed by atoms with Crippen molar-refractivity contribution in [1.29, 1.82) is 0 Å². The van der Waals surface area contributed by atoms with Gasteiger partial charge < -0.3 is 4.74 Å². The standard InChI is InChI=1S/C21H16ClN3O/c1-21(2)13-18(17-12-16(23-3)8-9-19(17)26-21)25-11-10-24-20(25)14-4-6-15(22)7-5-14/h4-13H,1-2H3. The maximum Gasteiger partial charge on any atom is 0.188 e. The van der Waals surface area contributed by atoms with Crippen LogP contribution in [0, 0.1) is 6.57 Å². The van der Waals surface area contributed by atoms with Gasteiger partial charge in [0, 0.05) is 28.5 Å². The van der Waals surface area contributed by atoms with E-state index in [1.807, 2.05) is 61.0 Å². The number of benzene rings is 2. The number of hydrogen-bond donors (Lipinski definition) is 0. The predicted molar refractivity (Wildman–Crippen MR) is 103 cm³/mol. The fourth-order valence-corrected chi connectivity index (χ4v) is 3.23. The Morgan fingerprint density at radius 1 is 1.15 bits per heavy atom. The third-order valence-corrected chi connectivity index (χ3v) is 4.48. The third-order valence-electron chi connectivity index (χ3n) is 4.23. The minimum absolute atomic E-state index is 0.469. The molecule has 0 spiro atoms. The molecular formula is C21H16ClN3O. The molecule has 0 atom stereocenters. The van der Waals surface area contributed by atoms with E-state index in [2.05, 4.69) is 15.9 Å². The Morgan fingerprint density at radius 2 is 1.92 bits per heavy atom. The van der Waals surface area contributed by atoms with Crippen LogP contribution in [-0.2, 0) is 0 Å². The van der Waals surface area contributed by atoms with Crippen LogP contribution >= 0.6 is 11.6 Å². The van der Waals surface area contributed by atoms with Crippen molar-refractivity contribution in [1.82, 2.24) is 9.55 Å². The maximum absolute atomic E-state index is 7.31.